The molecule has 1 amide bonds. The number of para-hydroxylation sites is 1. The van der Waals surface area contributed by atoms with Gasteiger partial charge in [0.05, 0.1) is 6.54 Å². The number of rotatable bonds is 4. The van der Waals surface area contributed by atoms with Crippen molar-refractivity contribution in [2.24, 2.45) is 0 Å². The maximum atomic E-state index is 12.2. The fraction of sp³-hybridized carbons (Fsp3) is 0.0526. The third kappa shape index (κ3) is 2.79. The monoisotopic (exact) mass is 318 g/mol. The van der Waals surface area contributed by atoms with Crippen molar-refractivity contribution in [3.8, 4) is 11.3 Å². The summed E-state index contributed by atoms with van der Waals surface area (Å²) in [5.74, 6) is 0.669. The second-order valence-corrected chi connectivity index (χ2v) is 5.38. The van der Waals surface area contributed by atoms with Gasteiger partial charge >= 0.3 is 0 Å². The molecule has 4 aromatic rings. The van der Waals surface area contributed by atoms with Crippen molar-refractivity contribution in [2.45, 2.75) is 6.54 Å². The summed E-state index contributed by atoms with van der Waals surface area (Å²) in [6.45, 7) is 0.270. The molecule has 0 fully saturated rings. The van der Waals surface area contributed by atoms with Crippen molar-refractivity contribution in [3.05, 3.63) is 78.2 Å². The van der Waals surface area contributed by atoms with E-state index in [-0.39, 0.29) is 18.2 Å². The van der Waals surface area contributed by atoms with Crippen LogP contribution in [0, 0.1) is 0 Å². The van der Waals surface area contributed by atoms with Gasteiger partial charge in [-0.2, -0.15) is 0 Å². The van der Waals surface area contributed by atoms with Crippen molar-refractivity contribution < 1.29 is 13.7 Å². The fourth-order valence-corrected chi connectivity index (χ4v) is 2.49. The first-order valence-electron chi connectivity index (χ1n) is 7.57. The molecule has 24 heavy (non-hydrogen) atoms. The smallest absolute Gasteiger partial charge is 0.287 e. The van der Waals surface area contributed by atoms with Gasteiger partial charge in [-0.15, -0.1) is 0 Å². The van der Waals surface area contributed by atoms with E-state index in [1.807, 2.05) is 60.7 Å². The zero-order chi connectivity index (χ0) is 16.4. The molecule has 0 saturated heterocycles. The Bertz CT molecular complexity index is 953. The summed E-state index contributed by atoms with van der Waals surface area (Å²) in [5.41, 5.74) is 2.29. The SMILES string of the molecule is O=C(NCc1cc(-c2ccccc2)on1)c1cc2ccccc2o1. The number of fused-ring (bicyclic) bond motifs is 1. The highest BCUT2D eigenvalue weighted by atomic mass is 16.5. The van der Waals surface area contributed by atoms with Crippen LogP contribution in [0.1, 0.15) is 16.2 Å². The van der Waals surface area contributed by atoms with Gasteiger partial charge in [0.25, 0.3) is 5.91 Å². The molecule has 0 aliphatic carbocycles. The summed E-state index contributed by atoms with van der Waals surface area (Å²) in [5, 5.41) is 7.67. The number of nitrogens with one attached hydrogen (secondary N) is 1. The van der Waals surface area contributed by atoms with E-state index in [4.69, 9.17) is 8.94 Å². The highest BCUT2D eigenvalue weighted by Crippen LogP contribution is 2.20. The van der Waals surface area contributed by atoms with Crippen molar-refractivity contribution >= 4 is 16.9 Å². The molecule has 0 atom stereocenters. The average Bonchev–Trinajstić information content (AvgIpc) is 3.27. The lowest BCUT2D eigenvalue weighted by Gasteiger charge is -1.98. The van der Waals surface area contributed by atoms with Crippen LogP contribution in [0.5, 0.6) is 0 Å². The Kier molecular flexibility index (Phi) is 3.59. The lowest BCUT2D eigenvalue weighted by molar-refractivity contribution is 0.0924. The minimum absolute atomic E-state index is 0.270. The van der Waals surface area contributed by atoms with E-state index in [0.717, 1.165) is 10.9 Å². The van der Waals surface area contributed by atoms with Crippen molar-refractivity contribution in [3.63, 3.8) is 0 Å². The maximum absolute atomic E-state index is 12.2. The van der Waals surface area contributed by atoms with E-state index in [0.29, 0.717) is 17.0 Å². The molecule has 5 heteroatoms. The lowest BCUT2D eigenvalue weighted by Crippen LogP contribution is -2.22. The van der Waals surface area contributed by atoms with Crippen LogP contribution in [0.3, 0.4) is 0 Å². The van der Waals surface area contributed by atoms with Crippen LogP contribution < -0.4 is 5.32 Å². The Morgan fingerprint density at radius 1 is 1.00 bits per heavy atom. The van der Waals surface area contributed by atoms with Crippen molar-refractivity contribution in [2.75, 3.05) is 0 Å². The molecule has 0 saturated carbocycles. The Balaban J connectivity index is 1.45. The summed E-state index contributed by atoms with van der Waals surface area (Å²) >= 11 is 0. The zero-order valence-electron chi connectivity index (χ0n) is 12.7. The molecule has 4 rings (SSSR count). The molecule has 5 nitrogen and oxygen atoms in total. The Morgan fingerprint density at radius 3 is 2.62 bits per heavy atom. The summed E-state index contributed by atoms with van der Waals surface area (Å²) in [6.07, 6.45) is 0. The van der Waals surface area contributed by atoms with E-state index in [9.17, 15) is 4.79 Å². The molecule has 1 N–H and O–H groups in total. The van der Waals surface area contributed by atoms with Crippen LogP contribution in [0.4, 0.5) is 0 Å². The standard InChI is InChI=1S/C19H14N2O3/c22-19(18-10-14-8-4-5-9-16(14)23-18)20-12-15-11-17(24-21-15)13-6-2-1-3-7-13/h1-11H,12H2,(H,20,22). The number of carbonyl (C=O) groups is 1. The molecule has 0 radical (unpaired) electrons. The third-order valence-corrected chi connectivity index (χ3v) is 3.70. The van der Waals surface area contributed by atoms with Crippen LogP contribution in [0.15, 0.2) is 75.7 Å². The van der Waals surface area contributed by atoms with Crippen LogP contribution in [0.25, 0.3) is 22.3 Å². The molecule has 2 aromatic carbocycles. The van der Waals surface area contributed by atoms with E-state index >= 15 is 0 Å². The Hall–Kier alpha value is -3.34. The summed E-state index contributed by atoms with van der Waals surface area (Å²) in [4.78, 5) is 12.2. The average molecular weight is 318 g/mol. The van der Waals surface area contributed by atoms with Crippen LogP contribution in [0.2, 0.25) is 0 Å². The zero-order valence-corrected chi connectivity index (χ0v) is 12.7. The quantitative estimate of drug-likeness (QED) is 0.617. The van der Waals surface area contributed by atoms with Crippen molar-refractivity contribution in [1.82, 2.24) is 10.5 Å². The number of benzene rings is 2. The molecular formula is C19H14N2O3. The number of aromatic nitrogens is 1. The Labute approximate surface area is 137 Å². The summed E-state index contributed by atoms with van der Waals surface area (Å²) in [7, 11) is 0. The molecule has 0 aliphatic heterocycles. The molecule has 118 valence electrons. The second kappa shape index (κ2) is 6.04. The number of carbonyl (C=O) groups excluding carboxylic acids is 1. The number of furan rings is 1. The molecule has 2 aromatic heterocycles. The van der Waals surface area contributed by atoms with Crippen LogP contribution in [-0.4, -0.2) is 11.1 Å². The second-order valence-electron chi connectivity index (χ2n) is 5.38. The molecule has 0 aliphatic rings. The van der Waals surface area contributed by atoms with Gasteiger partial charge in [-0.25, -0.2) is 0 Å². The van der Waals surface area contributed by atoms with Crippen molar-refractivity contribution in [1.29, 1.82) is 0 Å². The lowest BCUT2D eigenvalue weighted by atomic mass is 10.2. The topological polar surface area (TPSA) is 68.3 Å². The van der Waals surface area contributed by atoms with Gasteiger partial charge in [-0.1, -0.05) is 53.7 Å². The molecule has 2 heterocycles. The predicted molar refractivity (Wildman–Crippen MR) is 89.3 cm³/mol. The molecule has 0 unspecified atom stereocenters. The predicted octanol–water partition coefficient (Wildman–Crippen LogP) is 4.02. The van der Waals surface area contributed by atoms with Gasteiger partial charge in [0, 0.05) is 17.0 Å². The summed E-state index contributed by atoms with van der Waals surface area (Å²) < 4.78 is 10.8. The fourth-order valence-electron chi connectivity index (χ4n) is 2.49. The Morgan fingerprint density at radius 2 is 1.79 bits per heavy atom. The highest BCUT2D eigenvalue weighted by molar-refractivity contribution is 5.95. The van der Waals surface area contributed by atoms with Crippen LogP contribution in [-0.2, 0) is 6.54 Å². The first-order valence-corrected chi connectivity index (χ1v) is 7.57. The van der Waals surface area contributed by atoms with E-state index in [1.54, 1.807) is 6.07 Å². The van der Waals surface area contributed by atoms with Gasteiger partial charge in [-0.05, 0) is 12.1 Å². The molecular weight excluding hydrogens is 304 g/mol. The first-order chi connectivity index (χ1) is 11.8. The van der Waals surface area contributed by atoms with E-state index < -0.39 is 0 Å². The maximum Gasteiger partial charge on any atom is 0.287 e. The minimum Gasteiger partial charge on any atom is -0.451 e. The third-order valence-electron chi connectivity index (χ3n) is 3.70. The number of amides is 1. The largest absolute Gasteiger partial charge is 0.451 e. The number of nitrogens with zero attached hydrogens (tertiary/aromatic N) is 1. The van der Waals surface area contributed by atoms with Gasteiger partial charge in [-0.3, -0.25) is 4.79 Å². The molecule has 0 bridgehead atoms. The summed E-state index contributed by atoms with van der Waals surface area (Å²) in [6, 6.07) is 20.7. The normalized spacial score (nSPS) is 10.8. The first kappa shape index (κ1) is 14.3. The number of hydrogen-bond acceptors (Lipinski definition) is 4. The van der Waals surface area contributed by atoms with E-state index in [2.05, 4.69) is 10.5 Å². The van der Waals surface area contributed by atoms with Gasteiger partial charge < -0.3 is 14.3 Å². The number of hydrogen-bond donors (Lipinski definition) is 1. The van der Waals surface area contributed by atoms with Gasteiger partial charge in [0.1, 0.15) is 11.3 Å². The van der Waals surface area contributed by atoms with Crippen LogP contribution >= 0.6 is 0 Å². The van der Waals surface area contributed by atoms with Gasteiger partial charge in [0.2, 0.25) is 0 Å². The minimum atomic E-state index is -0.282. The van der Waals surface area contributed by atoms with Gasteiger partial charge in [0.15, 0.2) is 11.5 Å². The molecule has 0 spiro atoms. The van der Waals surface area contributed by atoms with E-state index in [1.165, 1.54) is 0 Å². The highest BCUT2D eigenvalue weighted by Gasteiger charge is 2.13.